The lowest BCUT2D eigenvalue weighted by Gasteiger charge is -2.46. The van der Waals surface area contributed by atoms with Gasteiger partial charge in [-0.3, -0.25) is 9.80 Å². The topological polar surface area (TPSA) is 88.2 Å². The Balaban J connectivity index is 1.91. The number of esters is 1. The average molecular weight is 418 g/mol. The fraction of sp³-hybridized carbons (Fsp3) is 0.591. The predicted octanol–water partition coefficient (Wildman–Crippen LogP) is 2.28. The molecule has 2 fully saturated rings. The standard InChI is InChI=1S/C22H31N3O5/c1-5-29-18(26)17-11-13-24-14-12-22(19(27)25(17)24,15-16-9-7-6-8-10-16)23-20(28)30-21(2,3)4/h6-10,17H,5,11-15H2,1-4H3,(H,23,28)/t17-,22+/m0/s1. The minimum atomic E-state index is -1.20. The fourth-order valence-corrected chi connectivity index (χ4v) is 4.06. The average Bonchev–Trinajstić information content (AvgIpc) is 3.09. The van der Waals surface area contributed by atoms with Gasteiger partial charge in [0.1, 0.15) is 17.2 Å². The van der Waals surface area contributed by atoms with Crippen LogP contribution in [-0.2, 0) is 25.5 Å². The van der Waals surface area contributed by atoms with Crippen LogP contribution in [0.5, 0.6) is 0 Å². The molecule has 2 saturated heterocycles. The zero-order valence-electron chi connectivity index (χ0n) is 18.1. The Bertz CT molecular complexity index is 792. The van der Waals surface area contributed by atoms with Crippen LogP contribution >= 0.6 is 0 Å². The second kappa shape index (κ2) is 8.63. The molecule has 2 amide bonds. The van der Waals surface area contributed by atoms with Crippen molar-refractivity contribution in [3.63, 3.8) is 0 Å². The molecule has 8 heteroatoms. The summed E-state index contributed by atoms with van der Waals surface area (Å²) < 4.78 is 10.6. The van der Waals surface area contributed by atoms with Crippen molar-refractivity contribution in [1.82, 2.24) is 15.3 Å². The van der Waals surface area contributed by atoms with E-state index in [2.05, 4.69) is 5.32 Å². The van der Waals surface area contributed by atoms with Crippen LogP contribution in [0.4, 0.5) is 4.79 Å². The Morgan fingerprint density at radius 1 is 1.20 bits per heavy atom. The molecule has 2 atom stereocenters. The summed E-state index contributed by atoms with van der Waals surface area (Å²) in [5.74, 6) is -0.722. The minimum absolute atomic E-state index is 0.253. The lowest BCUT2D eigenvalue weighted by atomic mass is 9.84. The van der Waals surface area contributed by atoms with Gasteiger partial charge < -0.3 is 14.8 Å². The molecular weight excluding hydrogens is 386 g/mol. The molecular formula is C22H31N3O5. The number of benzene rings is 1. The molecule has 0 bridgehead atoms. The summed E-state index contributed by atoms with van der Waals surface area (Å²) in [6.45, 7) is 8.47. The van der Waals surface area contributed by atoms with Crippen molar-refractivity contribution in [2.75, 3.05) is 19.7 Å². The largest absolute Gasteiger partial charge is 0.464 e. The maximum atomic E-state index is 13.8. The van der Waals surface area contributed by atoms with E-state index in [4.69, 9.17) is 9.47 Å². The number of fused-ring (bicyclic) bond motifs is 1. The fourth-order valence-electron chi connectivity index (χ4n) is 4.06. The monoisotopic (exact) mass is 417 g/mol. The Hall–Kier alpha value is -2.61. The first-order valence-corrected chi connectivity index (χ1v) is 10.5. The van der Waals surface area contributed by atoms with E-state index in [1.807, 2.05) is 35.3 Å². The van der Waals surface area contributed by atoms with Crippen LogP contribution in [-0.4, -0.2) is 64.9 Å². The number of carbonyl (C=O) groups is 3. The molecule has 0 radical (unpaired) electrons. The number of hydrogen-bond donors (Lipinski definition) is 1. The maximum Gasteiger partial charge on any atom is 0.408 e. The third-order valence-corrected chi connectivity index (χ3v) is 5.32. The Labute approximate surface area is 177 Å². The van der Waals surface area contributed by atoms with Crippen molar-refractivity contribution in [2.24, 2.45) is 0 Å². The van der Waals surface area contributed by atoms with Gasteiger partial charge in [0.2, 0.25) is 0 Å². The molecule has 1 aromatic carbocycles. The van der Waals surface area contributed by atoms with Gasteiger partial charge in [0, 0.05) is 19.5 Å². The zero-order valence-corrected chi connectivity index (χ0v) is 18.1. The number of alkyl carbamates (subject to hydrolysis) is 1. The highest BCUT2D eigenvalue weighted by Crippen LogP contribution is 2.33. The van der Waals surface area contributed by atoms with Gasteiger partial charge in [-0.15, -0.1) is 0 Å². The Morgan fingerprint density at radius 2 is 1.90 bits per heavy atom. The van der Waals surface area contributed by atoms with E-state index < -0.39 is 29.2 Å². The van der Waals surface area contributed by atoms with E-state index in [-0.39, 0.29) is 12.5 Å². The van der Waals surface area contributed by atoms with E-state index in [0.717, 1.165) is 5.56 Å². The van der Waals surface area contributed by atoms with Gasteiger partial charge in [0.25, 0.3) is 5.91 Å². The predicted molar refractivity (Wildman–Crippen MR) is 110 cm³/mol. The van der Waals surface area contributed by atoms with E-state index in [1.54, 1.807) is 27.7 Å². The van der Waals surface area contributed by atoms with Gasteiger partial charge >= 0.3 is 12.1 Å². The summed E-state index contributed by atoms with van der Waals surface area (Å²) in [6.07, 6.45) is 0.600. The summed E-state index contributed by atoms with van der Waals surface area (Å²) in [5, 5.41) is 6.23. The Morgan fingerprint density at radius 3 is 2.53 bits per heavy atom. The normalized spacial score (nSPS) is 24.3. The number of amides is 2. The molecule has 0 aliphatic carbocycles. The second-order valence-corrected chi connectivity index (χ2v) is 8.78. The summed E-state index contributed by atoms with van der Waals surface area (Å²) in [6, 6.07) is 8.86. The van der Waals surface area contributed by atoms with Gasteiger partial charge in [-0.1, -0.05) is 30.3 Å². The molecule has 1 N–H and O–H groups in total. The smallest absolute Gasteiger partial charge is 0.408 e. The van der Waals surface area contributed by atoms with Crippen LogP contribution < -0.4 is 5.32 Å². The van der Waals surface area contributed by atoms with Crippen molar-refractivity contribution in [3.8, 4) is 0 Å². The van der Waals surface area contributed by atoms with Gasteiger partial charge in [-0.05, 0) is 46.1 Å². The van der Waals surface area contributed by atoms with E-state index >= 15 is 0 Å². The second-order valence-electron chi connectivity index (χ2n) is 8.78. The van der Waals surface area contributed by atoms with Gasteiger partial charge in [0.05, 0.1) is 6.61 Å². The number of hydrazine groups is 1. The van der Waals surface area contributed by atoms with Gasteiger partial charge in [-0.25, -0.2) is 14.6 Å². The van der Waals surface area contributed by atoms with Gasteiger partial charge in [-0.2, -0.15) is 0 Å². The number of carbonyl (C=O) groups excluding carboxylic acids is 3. The van der Waals surface area contributed by atoms with Crippen LogP contribution in [0, 0.1) is 0 Å². The third kappa shape index (κ3) is 4.75. The van der Waals surface area contributed by atoms with Crippen LogP contribution in [0.3, 0.4) is 0 Å². The van der Waals surface area contributed by atoms with E-state index in [0.29, 0.717) is 32.4 Å². The highest BCUT2D eigenvalue weighted by Gasteiger charge is 2.54. The highest BCUT2D eigenvalue weighted by atomic mass is 16.6. The number of ether oxygens (including phenoxy) is 2. The number of hydrogen-bond acceptors (Lipinski definition) is 6. The summed E-state index contributed by atoms with van der Waals surface area (Å²) >= 11 is 0. The lowest BCUT2D eigenvalue weighted by molar-refractivity contribution is -0.173. The molecule has 2 aliphatic heterocycles. The van der Waals surface area contributed by atoms with Crippen LogP contribution in [0.15, 0.2) is 30.3 Å². The van der Waals surface area contributed by atoms with Crippen molar-refractivity contribution in [2.45, 2.75) is 64.1 Å². The molecule has 3 rings (SSSR count). The highest BCUT2D eigenvalue weighted by molar-refractivity contribution is 5.94. The molecule has 1 aromatic rings. The molecule has 30 heavy (non-hydrogen) atoms. The maximum absolute atomic E-state index is 13.8. The molecule has 0 aromatic heterocycles. The molecule has 0 saturated carbocycles. The zero-order chi connectivity index (χ0) is 21.9. The van der Waals surface area contributed by atoms with Gasteiger partial charge in [0.15, 0.2) is 0 Å². The van der Waals surface area contributed by atoms with E-state index in [1.165, 1.54) is 5.01 Å². The summed E-state index contributed by atoms with van der Waals surface area (Å²) in [4.78, 5) is 38.9. The Kier molecular flexibility index (Phi) is 6.36. The quantitative estimate of drug-likeness (QED) is 0.740. The van der Waals surface area contributed by atoms with Crippen LogP contribution in [0.25, 0.3) is 0 Å². The summed E-state index contributed by atoms with van der Waals surface area (Å²) in [7, 11) is 0. The van der Waals surface area contributed by atoms with Crippen LogP contribution in [0.2, 0.25) is 0 Å². The van der Waals surface area contributed by atoms with Crippen molar-refractivity contribution in [3.05, 3.63) is 35.9 Å². The SMILES string of the molecule is CCOC(=O)[C@@H]1CCN2CC[C@](Cc3ccccc3)(NC(=O)OC(C)(C)C)C(=O)N12. The third-order valence-electron chi connectivity index (χ3n) is 5.32. The molecule has 0 spiro atoms. The van der Waals surface area contributed by atoms with Crippen molar-refractivity contribution >= 4 is 18.0 Å². The molecule has 2 aliphatic rings. The van der Waals surface area contributed by atoms with Crippen molar-refractivity contribution in [1.29, 1.82) is 0 Å². The minimum Gasteiger partial charge on any atom is -0.464 e. The van der Waals surface area contributed by atoms with Crippen LogP contribution in [0.1, 0.15) is 46.1 Å². The molecule has 164 valence electrons. The first kappa shape index (κ1) is 22.1. The van der Waals surface area contributed by atoms with E-state index in [9.17, 15) is 14.4 Å². The first-order valence-electron chi connectivity index (χ1n) is 10.5. The number of nitrogens with zero attached hydrogens (tertiary/aromatic N) is 2. The lowest BCUT2D eigenvalue weighted by Crippen LogP contribution is -2.69. The molecule has 2 heterocycles. The molecule has 8 nitrogen and oxygen atoms in total. The summed E-state index contributed by atoms with van der Waals surface area (Å²) in [5.41, 5.74) is -0.972. The first-order chi connectivity index (χ1) is 14.1. The number of nitrogens with one attached hydrogen (secondary N) is 1. The van der Waals surface area contributed by atoms with Crippen molar-refractivity contribution < 1.29 is 23.9 Å². The number of rotatable bonds is 5. The molecule has 0 unspecified atom stereocenters.